The van der Waals surface area contributed by atoms with Crippen molar-refractivity contribution in [3.63, 3.8) is 0 Å². The molecule has 7 nitrogen and oxygen atoms in total. The van der Waals surface area contributed by atoms with Gasteiger partial charge in [0.15, 0.2) is 0 Å². The molecule has 0 saturated heterocycles. The molecule has 28 heavy (non-hydrogen) atoms. The van der Waals surface area contributed by atoms with Crippen molar-refractivity contribution >= 4 is 27.3 Å². The third kappa shape index (κ3) is 4.73. The molecule has 3 rings (SSSR count). The van der Waals surface area contributed by atoms with Gasteiger partial charge in [-0.15, -0.1) is 0 Å². The van der Waals surface area contributed by atoms with Crippen molar-refractivity contribution in [1.29, 1.82) is 0 Å². The van der Waals surface area contributed by atoms with Gasteiger partial charge in [0.25, 0.3) is 5.91 Å². The number of benzene rings is 2. The Bertz CT molecular complexity index is 989. The van der Waals surface area contributed by atoms with E-state index in [9.17, 15) is 17.6 Å². The van der Waals surface area contributed by atoms with Crippen LogP contribution in [0.25, 0.3) is 0 Å². The lowest BCUT2D eigenvalue weighted by atomic mass is 9.98. The zero-order valence-corrected chi connectivity index (χ0v) is 16.2. The number of nitrogens with one attached hydrogen (secondary N) is 1. The monoisotopic (exact) mass is 405 g/mol. The SMILES string of the molecule is COCC(=O)N1N=C(c2ccc(NS(C)(=O)=O)cc2)CC1c1ccc(F)cc1. The molecular weight excluding hydrogens is 385 g/mol. The lowest BCUT2D eigenvalue weighted by Crippen LogP contribution is -2.30. The molecule has 2 aromatic carbocycles. The molecule has 1 N–H and O–H groups in total. The summed E-state index contributed by atoms with van der Waals surface area (Å²) in [5, 5.41) is 5.81. The minimum Gasteiger partial charge on any atom is -0.375 e. The lowest BCUT2D eigenvalue weighted by Gasteiger charge is -2.21. The van der Waals surface area contributed by atoms with Crippen LogP contribution in [0.4, 0.5) is 10.1 Å². The van der Waals surface area contributed by atoms with Crippen LogP contribution in [-0.4, -0.2) is 45.0 Å². The van der Waals surface area contributed by atoms with Gasteiger partial charge in [0.05, 0.1) is 18.0 Å². The van der Waals surface area contributed by atoms with Gasteiger partial charge in [0.1, 0.15) is 12.4 Å². The summed E-state index contributed by atoms with van der Waals surface area (Å²) in [6.45, 7) is -0.119. The molecule has 1 amide bonds. The highest BCUT2D eigenvalue weighted by Gasteiger charge is 2.32. The van der Waals surface area contributed by atoms with Crippen LogP contribution in [0.15, 0.2) is 53.6 Å². The summed E-state index contributed by atoms with van der Waals surface area (Å²) < 4.78 is 43.3. The van der Waals surface area contributed by atoms with Crippen molar-refractivity contribution in [2.45, 2.75) is 12.5 Å². The predicted molar refractivity (Wildman–Crippen MR) is 104 cm³/mol. The molecule has 148 valence electrons. The Labute approximate surface area is 162 Å². The number of ether oxygens (including phenoxy) is 1. The molecule has 0 saturated carbocycles. The van der Waals surface area contributed by atoms with Gasteiger partial charge in [0, 0.05) is 19.2 Å². The number of rotatable bonds is 6. The first kappa shape index (κ1) is 20.0. The molecule has 0 fully saturated rings. The molecule has 0 bridgehead atoms. The Balaban J connectivity index is 1.87. The third-order valence-electron chi connectivity index (χ3n) is 4.21. The van der Waals surface area contributed by atoms with Crippen molar-refractivity contribution in [2.75, 3.05) is 24.7 Å². The Morgan fingerprint density at radius 3 is 2.43 bits per heavy atom. The number of nitrogens with zero attached hydrogens (tertiary/aromatic N) is 2. The summed E-state index contributed by atoms with van der Waals surface area (Å²) in [6.07, 6.45) is 1.52. The van der Waals surface area contributed by atoms with Crippen LogP contribution in [0.3, 0.4) is 0 Å². The predicted octanol–water partition coefficient (Wildman–Crippen LogP) is 2.52. The maximum absolute atomic E-state index is 13.3. The highest BCUT2D eigenvalue weighted by molar-refractivity contribution is 7.92. The van der Waals surface area contributed by atoms with Gasteiger partial charge in [-0.25, -0.2) is 17.8 Å². The molecule has 2 aromatic rings. The van der Waals surface area contributed by atoms with Gasteiger partial charge < -0.3 is 4.74 Å². The van der Waals surface area contributed by atoms with Crippen LogP contribution in [0, 0.1) is 5.82 Å². The molecule has 1 unspecified atom stereocenters. The van der Waals surface area contributed by atoms with E-state index < -0.39 is 10.0 Å². The smallest absolute Gasteiger partial charge is 0.269 e. The molecule has 9 heteroatoms. The van der Waals surface area contributed by atoms with Gasteiger partial charge in [-0.3, -0.25) is 9.52 Å². The zero-order chi connectivity index (χ0) is 20.3. The van der Waals surface area contributed by atoms with Crippen LogP contribution in [0.1, 0.15) is 23.6 Å². The number of halogens is 1. The summed E-state index contributed by atoms with van der Waals surface area (Å²) in [5.41, 5.74) is 2.63. The summed E-state index contributed by atoms with van der Waals surface area (Å²) in [6, 6.07) is 12.3. The quantitative estimate of drug-likeness (QED) is 0.800. The highest BCUT2D eigenvalue weighted by Crippen LogP contribution is 2.33. The number of carbonyl (C=O) groups is 1. The first-order chi connectivity index (χ1) is 13.3. The van der Waals surface area contributed by atoms with Crippen molar-refractivity contribution in [1.82, 2.24) is 5.01 Å². The van der Waals surface area contributed by atoms with Crippen LogP contribution in [0.2, 0.25) is 0 Å². The summed E-state index contributed by atoms with van der Waals surface area (Å²) >= 11 is 0. The maximum Gasteiger partial charge on any atom is 0.269 e. The van der Waals surface area contributed by atoms with Gasteiger partial charge >= 0.3 is 0 Å². The number of sulfonamides is 1. The van der Waals surface area contributed by atoms with E-state index in [4.69, 9.17) is 4.74 Å². The molecule has 1 aliphatic heterocycles. The van der Waals surface area contributed by atoms with Gasteiger partial charge in [0.2, 0.25) is 10.0 Å². The van der Waals surface area contributed by atoms with Crippen molar-refractivity contribution in [2.24, 2.45) is 5.10 Å². The van der Waals surface area contributed by atoms with Gasteiger partial charge in [-0.1, -0.05) is 24.3 Å². The van der Waals surface area contributed by atoms with Gasteiger partial charge in [-0.2, -0.15) is 5.10 Å². The number of amides is 1. The van der Waals surface area contributed by atoms with E-state index in [-0.39, 0.29) is 24.4 Å². The molecule has 1 aliphatic rings. The number of carbonyl (C=O) groups excluding carboxylic acids is 1. The van der Waals surface area contributed by atoms with Crippen LogP contribution >= 0.6 is 0 Å². The van der Waals surface area contributed by atoms with E-state index in [0.29, 0.717) is 17.8 Å². The third-order valence-corrected chi connectivity index (χ3v) is 4.82. The molecular formula is C19H20FN3O4S. The largest absolute Gasteiger partial charge is 0.375 e. The van der Waals surface area contributed by atoms with E-state index in [0.717, 1.165) is 17.4 Å². The summed E-state index contributed by atoms with van der Waals surface area (Å²) in [4.78, 5) is 12.4. The van der Waals surface area contributed by atoms with E-state index in [2.05, 4.69) is 9.82 Å². The van der Waals surface area contributed by atoms with Crippen molar-refractivity contribution < 1.29 is 22.3 Å². The lowest BCUT2D eigenvalue weighted by molar-refractivity contribution is -0.137. The fraction of sp³-hybridized carbons (Fsp3) is 0.263. The number of hydrazone groups is 1. The first-order valence-corrected chi connectivity index (χ1v) is 10.4. The fourth-order valence-corrected chi connectivity index (χ4v) is 3.56. The molecule has 1 atom stereocenters. The molecule has 0 spiro atoms. The number of methoxy groups -OCH3 is 1. The maximum atomic E-state index is 13.3. The normalized spacial score (nSPS) is 16.8. The minimum absolute atomic E-state index is 0.119. The van der Waals surface area contributed by atoms with E-state index in [1.165, 1.54) is 24.3 Å². The zero-order valence-electron chi connectivity index (χ0n) is 15.4. The Morgan fingerprint density at radius 2 is 1.86 bits per heavy atom. The van der Waals surface area contributed by atoms with Crippen LogP contribution < -0.4 is 4.72 Å². The molecule has 1 heterocycles. The van der Waals surface area contributed by atoms with E-state index in [1.54, 1.807) is 36.4 Å². The van der Waals surface area contributed by atoms with Crippen molar-refractivity contribution in [3.8, 4) is 0 Å². The van der Waals surface area contributed by atoms with Crippen LogP contribution in [0.5, 0.6) is 0 Å². The standard InChI is InChI=1S/C19H20FN3O4S/c1-27-12-19(24)23-18(14-3-7-15(20)8-4-14)11-17(21-23)13-5-9-16(10-6-13)22-28(2,25)26/h3-10,18,22H,11-12H2,1-2H3. The average molecular weight is 405 g/mol. The summed E-state index contributed by atoms with van der Waals surface area (Å²) in [7, 11) is -1.93. The minimum atomic E-state index is -3.36. The second-order valence-electron chi connectivity index (χ2n) is 6.44. The Kier molecular flexibility index (Phi) is 5.76. The second-order valence-corrected chi connectivity index (χ2v) is 8.19. The van der Waals surface area contributed by atoms with E-state index in [1.807, 2.05) is 0 Å². The molecule has 0 radical (unpaired) electrons. The molecule has 0 aliphatic carbocycles. The summed E-state index contributed by atoms with van der Waals surface area (Å²) in [5.74, 6) is -0.659. The van der Waals surface area contributed by atoms with Crippen LogP contribution in [-0.2, 0) is 19.6 Å². The second kappa shape index (κ2) is 8.07. The van der Waals surface area contributed by atoms with Gasteiger partial charge in [-0.05, 0) is 35.4 Å². The Hall–Kier alpha value is -2.78. The highest BCUT2D eigenvalue weighted by atomic mass is 32.2. The van der Waals surface area contributed by atoms with E-state index >= 15 is 0 Å². The fourth-order valence-electron chi connectivity index (χ4n) is 2.99. The number of hydrogen-bond donors (Lipinski definition) is 1. The topological polar surface area (TPSA) is 88.1 Å². The average Bonchev–Trinajstić information content (AvgIpc) is 3.07. The van der Waals surface area contributed by atoms with Crippen molar-refractivity contribution in [3.05, 3.63) is 65.5 Å². The first-order valence-electron chi connectivity index (χ1n) is 8.49. The molecule has 0 aromatic heterocycles. The Morgan fingerprint density at radius 1 is 1.21 bits per heavy atom. The number of hydrogen-bond acceptors (Lipinski definition) is 5. The number of anilines is 1.